The highest BCUT2D eigenvalue weighted by Gasteiger charge is 2.18. The van der Waals surface area contributed by atoms with Gasteiger partial charge in [-0.1, -0.05) is 46.0 Å². The maximum absolute atomic E-state index is 2.72. The van der Waals surface area contributed by atoms with Crippen molar-refractivity contribution in [3.05, 3.63) is 0 Å². The number of hydrogen-bond donors (Lipinski definition) is 0. The molecule has 0 aromatic heterocycles. The second-order valence-corrected chi connectivity index (χ2v) is 5.51. The van der Waals surface area contributed by atoms with E-state index in [1.807, 2.05) is 0 Å². The van der Waals surface area contributed by atoms with Crippen LogP contribution in [-0.4, -0.2) is 24.5 Å². The van der Waals surface area contributed by atoms with Gasteiger partial charge < -0.3 is 4.90 Å². The summed E-state index contributed by atoms with van der Waals surface area (Å²) in [6.45, 7) is 8.72. The monoisotopic (exact) mass is 225 g/mol. The Balaban J connectivity index is 2.09. The Morgan fingerprint density at radius 3 is 2.50 bits per heavy atom. The van der Waals surface area contributed by atoms with Gasteiger partial charge in [-0.25, -0.2) is 0 Å². The normalized spacial score (nSPS) is 22.5. The molecule has 16 heavy (non-hydrogen) atoms. The smallest absolute Gasteiger partial charge is 0.000966 e. The first-order chi connectivity index (χ1) is 7.86. The molecule has 1 heteroatoms. The highest BCUT2D eigenvalue weighted by molar-refractivity contribution is 4.72. The molecular formula is C15H31N. The van der Waals surface area contributed by atoms with Crippen molar-refractivity contribution in [1.29, 1.82) is 0 Å². The Morgan fingerprint density at radius 2 is 1.75 bits per heavy atom. The van der Waals surface area contributed by atoms with Crippen LogP contribution in [0.25, 0.3) is 0 Å². The molecule has 1 rings (SSSR count). The number of unbranched alkanes of at least 4 members (excludes halogenated alkanes) is 4. The van der Waals surface area contributed by atoms with Crippen LogP contribution in [0.4, 0.5) is 0 Å². The first kappa shape index (κ1) is 14.0. The van der Waals surface area contributed by atoms with E-state index < -0.39 is 0 Å². The van der Waals surface area contributed by atoms with Crippen LogP contribution < -0.4 is 0 Å². The topological polar surface area (TPSA) is 3.24 Å². The van der Waals surface area contributed by atoms with Crippen molar-refractivity contribution in [2.75, 3.05) is 19.6 Å². The summed E-state index contributed by atoms with van der Waals surface area (Å²) >= 11 is 0. The van der Waals surface area contributed by atoms with Crippen LogP contribution in [0.3, 0.4) is 0 Å². The summed E-state index contributed by atoms with van der Waals surface area (Å²) in [4.78, 5) is 2.72. The summed E-state index contributed by atoms with van der Waals surface area (Å²) in [6, 6.07) is 0. The van der Waals surface area contributed by atoms with Gasteiger partial charge in [-0.3, -0.25) is 0 Å². The van der Waals surface area contributed by atoms with E-state index in [-0.39, 0.29) is 0 Å². The lowest BCUT2D eigenvalue weighted by atomic mass is 9.92. The van der Waals surface area contributed by atoms with E-state index in [4.69, 9.17) is 0 Å². The van der Waals surface area contributed by atoms with Crippen LogP contribution >= 0.6 is 0 Å². The standard InChI is InChI=1S/C15H31N/c1-3-5-7-10-15-11-9-13-16(14-15)12-8-6-4-2/h15H,3-14H2,1-2H3. The first-order valence-corrected chi connectivity index (χ1v) is 7.59. The average Bonchev–Trinajstić information content (AvgIpc) is 2.30. The summed E-state index contributed by atoms with van der Waals surface area (Å²) in [5.74, 6) is 1.02. The third kappa shape index (κ3) is 5.89. The Morgan fingerprint density at radius 1 is 1.00 bits per heavy atom. The molecule has 0 N–H and O–H groups in total. The van der Waals surface area contributed by atoms with Gasteiger partial charge in [-0.2, -0.15) is 0 Å². The average molecular weight is 225 g/mol. The molecule has 1 aliphatic rings. The second-order valence-electron chi connectivity index (χ2n) is 5.51. The molecule has 1 saturated heterocycles. The Bertz CT molecular complexity index is 140. The van der Waals surface area contributed by atoms with Gasteiger partial charge >= 0.3 is 0 Å². The van der Waals surface area contributed by atoms with Gasteiger partial charge in [0.05, 0.1) is 0 Å². The summed E-state index contributed by atoms with van der Waals surface area (Å²) in [7, 11) is 0. The fourth-order valence-corrected chi connectivity index (χ4v) is 2.86. The van der Waals surface area contributed by atoms with E-state index >= 15 is 0 Å². The van der Waals surface area contributed by atoms with Crippen molar-refractivity contribution in [1.82, 2.24) is 4.90 Å². The zero-order chi connectivity index (χ0) is 11.6. The van der Waals surface area contributed by atoms with E-state index in [0.29, 0.717) is 0 Å². The first-order valence-electron chi connectivity index (χ1n) is 7.59. The van der Waals surface area contributed by atoms with Crippen molar-refractivity contribution < 1.29 is 0 Å². The van der Waals surface area contributed by atoms with Gasteiger partial charge in [-0.05, 0) is 44.7 Å². The SMILES string of the molecule is CCCCCC1CCCN(CCCCC)C1. The number of hydrogen-bond acceptors (Lipinski definition) is 1. The summed E-state index contributed by atoms with van der Waals surface area (Å²) in [5, 5.41) is 0. The molecule has 0 aliphatic carbocycles. The molecule has 1 fully saturated rings. The van der Waals surface area contributed by atoms with Gasteiger partial charge in [0.2, 0.25) is 0 Å². The minimum absolute atomic E-state index is 1.02. The van der Waals surface area contributed by atoms with Crippen LogP contribution in [0.2, 0.25) is 0 Å². The number of nitrogens with zero attached hydrogens (tertiary/aromatic N) is 1. The van der Waals surface area contributed by atoms with E-state index in [1.165, 1.54) is 77.4 Å². The third-order valence-corrected chi connectivity index (χ3v) is 3.90. The maximum Gasteiger partial charge on any atom is 0.000966 e. The molecule has 1 unspecified atom stereocenters. The molecule has 0 spiro atoms. The summed E-state index contributed by atoms with van der Waals surface area (Å²) in [6.07, 6.45) is 12.9. The quantitative estimate of drug-likeness (QED) is 0.551. The van der Waals surface area contributed by atoms with Crippen molar-refractivity contribution >= 4 is 0 Å². The molecule has 0 aromatic rings. The molecule has 1 nitrogen and oxygen atoms in total. The summed E-state index contributed by atoms with van der Waals surface area (Å²) in [5.41, 5.74) is 0. The fraction of sp³-hybridized carbons (Fsp3) is 1.00. The Hall–Kier alpha value is -0.0400. The third-order valence-electron chi connectivity index (χ3n) is 3.90. The Labute approximate surface area is 103 Å². The van der Waals surface area contributed by atoms with E-state index in [2.05, 4.69) is 18.7 Å². The van der Waals surface area contributed by atoms with E-state index in [0.717, 1.165) is 5.92 Å². The number of piperidine rings is 1. The van der Waals surface area contributed by atoms with Gasteiger partial charge in [-0.15, -0.1) is 0 Å². The predicted octanol–water partition coefficient (Wildman–Crippen LogP) is 4.47. The van der Waals surface area contributed by atoms with E-state index in [1.54, 1.807) is 0 Å². The van der Waals surface area contributed by atoms with Crippen LogP contribution in [0.5, 0.6) is 0 Å². The van der Waals surface area contributed by atoms with Crippen LogP contribution in [0.15, 0.2) is 0 Å². The molecule has 0 saturated carbocycles. The van der Waals surface area contributed by atoms with Gasteiger partial charge in [0.1, 0.15) is 0 Å². The second kappa shape index (κ2) is 9.04. The lowest BCUT2D eigenvalue weighted by molar-refractivity contribution is 0.164. The zero-order valence-electron chi connectivity index (χ0n) is 11.5. The molecule has 0 aromatic carbocycles. The van der Waals surface area contributed by atoms with E-state index in [9.17, 15) is 0 Å². The van der Waals surface area contributed by atoms with Crippen molar-refractivity contribution in [2.24, 2.45) is 5.92 Å². The molecule has 0 amide bonds. The van der Waals surface area contributed by atoms with Crippen molar-refractivity contribution in [3.8, 4) is 0 Å². The number of likely N-dealkylation sites (tertiary alicyclic amines) is 1. The highest BCUT2D eigenvalue weighted by Crippen LogP contribution is 2.22. The van der Waals surface area contributed by atoms with Gasteiger partial charge in [0.25, 0.3) is 0 Å². The lowest BCUT2D eigenvalue weighted by Gasteiger charge is -2.32. The summed E-state index contributed by atoms with van der Waals surface area (Å²) < 4.78 is 0. The highest BCUT2D eigenvalue weighted by atomic mass is 15.1. The van der Waals surface area contributed by atoms with Crippen molar-refractivity contribution in [2.45, 2.75) is 71.6 Å². The Kier molecular flexibility index (Phi) is 7.92. The van der Waals surface area contributed by atoms with Gasteiger partial charge in [0.15, 0.2) is 0 Å². The van der Waals surface area contributed by atoms with Crippen LogP contribution in [0.1, 0.15) is 71.6 Å². The largest absolute Gasteiger partial charge is 0.303 e. The molecule has 0 radical (unpaired) electrons. The van der Waals surface area contributed by atoms with Crippen LogP contribution in [-0.2, 0) is 0 Å². The molecule has 1 aliphatic heterocycles. The predicted molar refractivity (Wildman–Crippen MR) is 72.8 cm³/mol. The molecule has 96 valence electrons. The molecule has 0 bridgehead atoms. The molecule has 1 heterocycles. The van der Waals surface area contributed by atoms with Gasteiger partial charge in [0, 0.05) is 6.54 Å². The molecule has 1 atom stereocenters. The minimum atomic E-state index is 1.02. The maximum atomic E-state index is 2.72. The zero-order valence-corrected chi connectivity index (χ0v) is 11.5. The molecular weight excluding hydrogens is 194 g/mol. The van der Waals surface area contributed by atoms with Crippen molar-refractivity contribution in [3.63, 3.8) is 0 Å². The fourth-order valence-electron chi connectivity index (χ4n) is 2.86. The lowest BCUT2D eigenvalue weighted by Crippen LogP contribution is -2.36. The van der Waals surface area contributed by atoms with Crippen LogP contribution in [0, 0.1) is 5.92 Å². The minimum Gasteiger partial charge on any atom is -0.303 e. The number of rotatable bonds is 8.